The molecule has 0 aliphatic heterocycles. The van der Waals surface area contributed by atoms with Crippen molar-refractivity contribution in [2.24, 2.45) is 11.5 Å². The zero-order valence-corrected chi connectivity index (χ0v) is 9.18. The molecule has 0 fully saturated rings. The van der Waals surface area contributed by atoms with Crippen molar-refractivity contribution in [2.45, 2.75) is 6.04 Å². The van der Waals surface area contributed by atoms with Crippen LogP contribution >= 0.6 is 15.9 Å². The molecule has 2 rings (SSSR count). The molecule has 0 spiro atoms. The summed E-state index contributed by atoms with van der Waals surface area (Å²) in [5, 5.41) is 4.07. The lowest BCUT2D eigenvalue weighted by Gasteiger charge is -2.05. The third kappa shape index (κ3) is 1.71. The fourth-order valence-corrected chi connectivity index (χ4v) is 1.55. The van der Waals surface area contributed by atoms with Gasteiger partial charge in [0.15, 0.2) is 5.82 Å². The van der Waals surface area contributed by atoms with Crippen LogP contribution in [0.5, 0.6) is 0 Å². The highest BCUT2D eigenvalue weighted by Gasteiger charge is 2.16. The zero-order chi connectivity index (χ0) is 11.0. The van der Waals surface area contributed by atoms with Gasteiger partial charge in [-0.2, -0.15) is 5.10 Å². The maximum absolute atomic E-state index is 10.8. The van der Waals surface area contributed by atoms with Crippen molar-refractivity contribution < 1.29 is 4.79 Å². The lowest BCUT2D eigenvalue weighted by molar-refractivity contribution is -0.119. The van der Waals surface area contributed by atoms with E-state index >= 15 is 0 Å². The number of carbonyl (C=O) groups excluding carboxylic acids is 1. The molecule has 15 heavy (non-hydrogen) atoms. The maximum Gasteiger partial charge on any atom is 0.242 e. The number of nitrogens with zero attached hydrogens (tertiary/aromatic N) is 3. The third-order valence-corrected chi connectivity index (χ3v) is 2.64. The second-order valence-electron chi connectivity index (χ2n) is 2.99. The van der Waals surface area contributed by atoms with Gasteiger partial charge >= 0.3 is 0 Å². The van der Waals surface area contributed by atoms with E-state index in [9.17, 15) is 4.79 Å². The van der Waals surface area contributed by atoms with Gasteiger partial charge in [-0.25, -0.2) is 9.50 Å². The van der Waals surface area contributed by atoms with Gasteiger partial charge in [0.1, 0.15) is 6.04 Å². The van der Waals surface area contributed by atoms with Crippen LogP contribution in [0.4, 0.5) is 0 Å². The number of aromatic nitrogens is 3. The molecule has 2 aromatic heterocycles. The lowest BCUT2D eigenvalue weighted by Crippen LogP contribution is -2.30. The number of hydrogen-bond acceptors (Lipinski definition) is 4. The van der Waals surface area contributed by atoms with E-state index in [0.717, 1.165) is 9.99 Å². The van der Waals surface area contributed by atoms with Crippen molar-refractivity contribution in [2.75, 3.05) is 0 Å². The van der Waals surface area contributed by atoms with Crippen molar-refractivity contribution in [3.63, 3.8) is 0 Å². The fraction of sp³-hybridized carbons (Fsp3) is 0.125. The smallest absolute Gasteiger partial charge is 0.242 e. The number of amides is 1. The number of halogens is 1. The summed E-state index contributed by atoms with van der Waals surface area (Å²) >= 11 is 3.33. The first kappa shape index (κ1) is 10.1. The molecule has 0 aliphatic rings. The first-order valence-electron chi connectivity index (χ1n) is 4.14. The Morgan fingerprint density at radius 3 is 3.00 bits per heavy atom. The number of nitrogens with two attached hydrogens (primary N) is 2. The monoisotopic (exact) mass is 269 g/mol. The number of hydrogen-bond donors (Lipinski definition) is 2. The molecule has 2 heterocycles. The summed E-state index contributed by atoms with van der Waals surface area (Å²) < 4.78 is 2.46. The Morgan fingerprint density at radius 1 is 1.60 bits per heavy atom. The van der Waals surface area contributed by atoms with Crippen LogP contribution in [-0.2, 0) is 4.79 Å². The minimum atomic E-state index is -0.976. The van der Waals surface area contributed by atoms with Gasteiger partial charge in [-0.05, 0) is 22.0 Å². The molecule has 1 amide bonds. The van der Waals surface area contributed by atoms with Gasteiger partial charge < -0.3 is 11.5 Å². The molecular weight excluding hydrogens is 262 g/mol. The predicted molar refractivity (Wildman–Crippen MR) is 56.8 cm³/mol. The first-order valence-corrected chi connectivity index (χ1v) is 4.93. The molecular formula is C8H8BrN5O. The maximum atomic E-state index is 10.8. The molecule has 4 N–H and O–H groups in total. The molecule has 0 saturated carbocycles. The van der Waals surface area contributed by atoms with Crippen LogP contribution in [0.3, 0.4) is 0 Å². The summed E-state index contributed by atoms with van der Waals surface area (Å²) in [7, 11) is 0. The quantitative estimate of drug-likeness (QED) is 0.800. The Morgan fingerprint density at radius 2 is 2.33 bits per heavy atom. The molecule has 2 aromatic rings. The summed E-state index contributed by atoms with van der Waals surface area (Å²) in [6, 6.07) is 0.847. The molecule has 0 bridgehead atoms. The summed E-state index contributed by atoms with van der Waals surface area (Å²) in [4.78, 5) is 14.8. The van der Waals surface area contributed by atoms with Crippen LogP contribution in [0.15, 0.2) is 22.9 Å². The molecule has 78 valence electrons. The van der Waals surface area contributed by atoms with E-state index < -0.39 is 11.9 Å². The van der Waals surface area contributed by atoms with Crippen molar-refractivity contribution in [3.05, 3.63) is 28.8 Å². The Balaban J connectivity index is 2.52. The summed E-state index contributed by atoms with van der Waals surface area (Å²) in [6.45, 7) is 0. The number of primary amides is 1. The van der Waals surface area contributed by atoms with Crippen LogP contribution in [0.2, 0.25) is 0 Å². The van der Waals surface area contributed by atoms with Gasteiger partial charge in [0.05, 0.1) is 11.7 Å². The van der Waals surface area contributed by atoms with Crippen molar-refractivity contribution >= 4 is 27.4 Å². The van der Waals surface area contributed by atoms with E-state index in [1.165, 1.54) is 0 Å². The van der Waals surface area contributed by atoms with E-state index in [1.807, 2.05) is 6.07 Å². The van der Waals surface area contributed by atoms with E-state index in [2.05, 4.69) is 26.0 Å². The Labute approximate surface area is 93.4 Å². The van der Waals surface area contributed by atoms with Gasteiger partial charge in [0.25, 0.3) is 0 Å². The minimum Gasteiger partial charge on any atom is -0.368 e. The van der Waals surface area contributed by atoms with Crippen LogP contribution in [0.1, 0.15) is 11.9 Å². The Kier molecular flexibility index (Phi) is 2.41. The van der Waals surface area contributed by atoms with E-state index in [1.54, 1.807) is 16.9 Å². The second kappa shape index (κ2) is 3.59. The average molecular weight is 270 g/mol. The summed E-state index contributed by atoms with van der Waals surface area (Å²) in [5.74, 6) is -0.446. The molecule has 0 saturated heterocycles. The van der Waals surface area contributed by atoms with Crippen LogP contribution in [0.25, 0.3) is 5.52 Å². The van der Waals surface area contributed by atoms with Gasteiger partial charge in [-0.1, -0.05) is 0 Å². The molecule has 1 atom stereocenters. The van der Waals surface area contributed by atoms with Crippen LogP contribution < -0.4 is 11.5 Å². The second-order valence-corrected chi connectivity index (χ2v) is 3.84. The predicted octanol–water partition coefficient (Wildman–Crippen LogP) is -0.0231. The largest absolute Gasteiger partial charge is 0.368 e. The third-order valence-electron chi connectivity index (χ3n) is 1.97. The topological polar surface area (TPSA) is 99.3 Å². The molecule has 0 aliphatic carbocycles. The van der Waals surface area contributed by atoms with E-state index in [-0.39, 0.29) is 5.82 Å². The highest BCUT2D eigenvalue weighted by atomic mass is 79.9. The van der Waals surface area contributed by atoms with E-state index in [4.69, 9.17) is 11.5 Å². The van der Waals surface area contributed by atoms with Crippen LogP contribution in [-0.4, -0.2) is 20.5 Å². The zero-order valence-electron chi connectivity index (χ0n) is 7.59. The highest BCUT2D eigenvalue weighted by Crippen LogP contribution is 2.17. The highest BCUT2D eigenvalue weighted by molar-refractivity contribution is 9.10. The molecule has 1 unspecified atom stereocenters. The normalized spacial score (nSPS) is 12.9. The molecule has 6 nitrogen and oxygen atoms in total. The number of carbonyl (C=O) groups is 1. The van der Waals surface area contributed by atoms with Gasteiger partial charge in [-0.3, -0.25) is 4.79 Å². The standard InChI is InChI=1S/C8H8BrN5O/c9-4-1-2-14-5(4)3-12-8(13-14)6(10)7(11)15/h1-3,6H,10H2,(H2,11,15). The van der Waals surface area contributed by atoms with Crippen molar-refractivity contribution in [1.29, 1.82) is 0 Å². The first-order chi connectivity index (χ1) is 7.09. The molecule has 0 radical (unpaired) electrons. The van der Waals surface area contributed by atoms with Gasteiger partial charge in [0.2, 0.25) is 5.91 Å². The van der Waals surface area contributed by atoms with Crippen LogP contribution in [0, 0.1) is 0 Å². The number of rotatable bonds is 2. The number of fused-ring (bicyclic) bond motifs is 1. The van der Waals surface area contributed by atoms with Crippen molar-refractivity contribution in [1.82, 2.24) is 14.6 Å². The van der Waals surface area contributed by atoms with Crippen molar-refractivity contribution in [3.8, 4) is 0 Å². The van der Waals surface area contributed by atoms with Gasteiger partial charge in [-0.15, -0.1) is 0 Å². The lowest BCUT2D eigenvalue weighted by atomic mass is 10.3. The minimum absolute atomic E-state index is 0.207. The summed E-state index contributed by atoms with van der Waals surface area (Å²) in [6.07, 6.45) is 3.31. The van der Waals surface area contributed by atoms with E-state index in [0.29, 0.717) is 0 Å². The molecule has 0 aromatic carbocycles. The Hall–Kier alpha value is -1.47. The average Bonchev–Trinajstić information content (AvgIpc) is 2.59. The van der Waals surface area contributed by atoms with Gasteiger partial charge in [0, 0.05) is 10.7 Å². The Bertz CT molecular complexity index is 523. The summed E-state index contributed by atoms with van der Waals surface area (Å²) in [5.41, 5.74) is 11.4. The fourth-order valence-electron chi connectivity index (χ4n) is 1.15. The SMILES string of the molecule is NC(=O)C(N)c1ncc2c(Br)ccn2n1. The molecule has 7 heteroatoms.